The van der Waals surface area contributed by atoms with Crippen molar-refractivity contribution in [2.45, 2.75) is 0 Å². The van der Waals surface area contributed by atoms with Crippen LogP contribution >= 0.6 is 23.2 Å². The number of amides is 2. The number of aliphatic hydroxyl groups is 1. The number of ether oxygens (including phenoxy) is 1. The van der Waals surface area contributed by atoms with Crippen LogP contribution in [0.25, 0.3) is 10.8 Å². The second kappa shape index (κ2) is 15.5. The van der Waals surface area contributed by atoms with Gasteiger partial charge in [-0.05, 0) is 84.2 Å². The van der Waals surface area contributed by atoms with Crippen LogP contribution in [-0.2, 0) is 4.74 Å². The maximum absolute atomic E-state index is 13.5. The second-order valence-corrected chi connectivity index (χ2v) is 12.0. The molecule has 2 amide bonds. The number of esters is 1. The summed E-state index contributed by atoms with van der Waals surface area (Å²) >= 11 is 12.3. The molecule has 258 valence electrons. The van der Waals surface area contributed by atoms with E-state index in [-0.39, 0.29) is 44.7 Å². The van der Waals surface area contributed by atoms with Crippen LogP contribution in [0.15, 0.2) is 137 Å². The van der Waals surface area contributed by atoms with E-state index in [1.54, 1.807) is 78.9 Å². The summed E-state index contributed by atoms with van der Waals surface area (Å²) in [5, 5.41) is 38.0. The Kier molecular flexibility index (Phi) is 10.5. The van der Waals surface area contributed by atoms with E-state index in [1.807, 2.05) is 6.07 Å². The minimum absolute atomic E-state index is 0.00434. The van der Waals surface area contributed by atoms with Crippen LogP contribution in [0.2, 0.25) is 10.0 Å². The van der Waals surface area contributed by atoms with Crippen LogP contribution in [0.1, 0.15) is 36.6 Å². The summed E-state index contributed by atoms with van der Waals surface area (Å²) in [6, 6.07) is 32.4. The number of nitrogens with one attached hydrogen (secondary N) is 2. The molecule has 6 rings (SSSR count). The number of halogens is 2. The van der Waals surface area contributed by atoms with Gasteiger partial charge in [0.2, 0.25) is 5.90 Å². The molecule has 0 saturated carbocycles. The third-order valence-corrected chi connectivity index (χ3v) is 8.28. The number of aromatic hydroxyl groups is 1. The molecule has 0 atom stereocenters. The molecule has 0 aliphatic rings. The minimum Gasteiger partial charge on any atom is -0.505 e. The molecule has 0 heterocycles. The van der Waals surface area contributed by atoms with Crippen LogP contribution in [-0.4, -0.2) is 41.0 Å². The molecule has 0 unspecified atom stereocenters. The molecule has 0 spiro atoms. The average molecular weight is 733 g/mol. The number of methoxy groups -OCH3 is 1. The number of hydrogen-bond donors (Lipinski definition) is 4. The molecule has 6 aromatic carbocycles. The Morgan fingerprint density at radius 2 is 1.35 bits per heavy atom. The number of phenolic OH excluding ortho intramolecular Hbond substituents is 1. The molecule has 0 aromatic heterocycles. The van der Waals surface area contributed by atoms with Crippen molar-refractivity contribution in [3.05, 3.63) is 154 Å². The van der Waals surface area contributed by atoms with Crippen molar-refractivity contribution < 1.29 is 29.3 Å². The van der Waals surface area contributed by atoms with Gasteiger partial charge in [0, 0.05) is 32.9 Å². The first-order valence-electron chi connectivity index (χ1n) is 15.5. The van der Waals surface area contributed by atoms with Gasteiger partial charge >= 0.3 is 5.97 Å². The van der Waals surface area contributed by atoms with Gasteiger partial charge in [-0.2, -0.15) is 0 Å². The van der Waals surface area contributed by atoms with E-state index in [0.29, 0.717) is 32.7 Å². The van der Waals surface area contributed by atoms with Gasteiger partial charge in [0.25, 0.3) is 11.8 Å². The van der Waals surface area contributed by atoms with Crippen molar-refractivity contribution in [3.8, 4) is 5.75 Å². The number of phenols is 1. The van der Waals surface area contributed by atoms with Gasteiger partial charge in [-0.15, -0.1) is 10.2 Å². The number of anilines is 2. The highest BCUT2D eigenvalue weighted by atomic mass is 35.5. The normalized spacial score (nSPS) is 11.4. The van der Waals surface area contributed by atoms with Gasteiger partial charge in [-0.25, -0.2) is 9.79 Å². The molecule has 4 N–H and O–H groups in total. The quantitative estimate of drug-likeness (QED) is 0.0500. The number of carbonyl (C=O) groups is 3. The molecule has 0 aliphatic carbocycles. The number of carbonyl (C=O) groups excluding carboxylic acids is 3. The van der Waals surface area contributed by atoms with E-state index in [9.17, 15) is 24.6 Å². The van der Waals surface area contributed by atoms with Gasteiger partial charge in [0.15, 0.2) is 5.75 Å². The Morgan fingerprint density at radius 1 is 0.673 bits per heavy atom. The van der Waals surface area contributed by atoms with E-state index < -0.39 is 23.5 Å². The van der Waals surface area contributed by atoms with Crippen molar-refractivity contribution in [2.75, 3.05) is 17.7 Å². The monoisotopic (exact) mass is 731 g/mol. The standard InChI is InChI=1S/C39H27Cl2N5O6/c1-52-39(51)29-17-11-24(37(49)44-33-21-25(40)12-18-31(33)41)20-32(29)45-46-34-28-10-6-5-9-23(28)19-30(35(34)47)38(50)43-27-15-13-26(14-16-27)42-36(48)22-7-3-2-4-8-22/h2-21,47H,1H3,(H,42,48)(H,43,50)(H,44,49). The average Bonchev–Trinajstić information content (AvgIpc) is 3.16. The van der Waals surface area contributed by atoms with Crippen LogP contribution in [0.3, 0.4) is 0 Å². The van der Waals surface area contributed by atoms with Gasteiger partial charge in [0.05, 0.1) is 28.9 Å². The third-order valence-electron chi connectivity index (χ3n) is 7.73. The molecule has 0 bridgehead atoms. The van der Waals surface area contributed by atoms with Gasteiger partial charge in [-0.3, -0.25) is 9.59 Å². The third kappa shape index (κ3) is 7.91. The molecular weight excluding hydrogens is 705 g/mol. The molecule has 6 aromatic rings. The highest BCUT2D eigenvalue weighted by Crippen LogP contribution is 2.40. The van der Waals surface area contributed by atoms with Crippen molar-refractivity contribution >= 4 is 86.1 Å². The number of benzene rings is 6. The highest BCUT2D eigenvalue weighted by Gasteiger charge is 2.20. The Labute approximate surface area is 306 Å². The summed E-state index contributed by atoms with van der Waals surface area (Å²) < 4.78 is 4.91. The van der Waals surface area contributed by atoms with E-state index in [0.717, 1.165) is 0 Å². The Morgan fingerprint density at radius 3 is 2.06 bits per heavy atom. The maximum atomic E-state index is 13.5. The van der Waals surface area contributed by atoms with Crippen LogP contribution in [0.5, 0.6) is 5.75 Å². The largest absolute Gasteiger partial charge is 0.505 e. The van der Waals surface area contributed by atoms with E-state index >= 15 is 0 Å². The lowest BCUT2D eigenvalue weighted by molar-refractivity contribution is 0.0601. The highest BCUT2D eigenvalue weighted by molar-refractivity contribution is 6.35. The van der Waals surface area contributed by atoms with E-state index in [1.165, 1.54) is 43.5 Å². The predicted molar refractivity (Wildman–Crippen MR) is 202 cm³/mol. The van der Waals surface area contributed by atoms with Crippen molar-refractivity contribution in [1.82, 2.24) is 0 Å². The summed E-state index contributed by atoms with van der Waals surface area (Å²) in [5.74, 6) is -2.57. The van der Waals surface area contributed by atoms with Gasteiger partial charge in [0.1, 0.15) is 11.4 Å². The number of nitrogens with zero attached hydrogens (tertiary/aromatic N) is 3. The first kappa shape index (κ1) is 35.3. The summed E-state index contributed by atoms with van der Waals surface area (Å²) in [6.45, 7) is 0. The molecule has 13 heteroatoms. The van der Waals surface area contributed by atoms with Crippen molar-refractivity contribution in [1.29, 1.82) is 0 Å². The second-order valence-electron chi connectivity index (χ2n) is 11.1. The van der Waals surface area contributed by atoms with E-state index in [4.69, 9.17) is 27.9 Å². The lowest BCUT2D eigenvalue weighted by Gasteiger charge is -2.12. The lowest BCUT2D eigenvalue weighted by Crippen LogP contribution is -2.13. The fourth-order valence-corrected chi connectivity index (χ4v) is 5.44. The molecule has 0 radical (unpaired) electrons. The Balaban J connectivity index is 1.31. The smallest absolute Gasteiger partial charge is 0.340 e. The summed E-state index contributed by atoms with van der Waals surface area (Å²) in [5.41, 5.74) is 1.62. The topological polar surface area (TPSA) is 162 Å². The zero-order chi connectivity index (χ0) is 36.8. The molecule has 11 nitrogen and oxygen atoms in total. The van der Waals surface area contributed by atoms with Crippen molar-refractivity contribution in [3.63, 3.8) is 0 Å². The fourth-order valence-electron chi connectivity index (χ4n) is 5.11. The molecule has 0 fully saturated rings. The first-order chi connectivity index (χ1) is 25.1. The zero-order valence-corrected chi connectivity index (χ0v) is 28.7. The number of hydrogen-bond acceptors (Lipinski definition) is 8. The lowest BCUT2D eigenvalue weighted by atomic mass is 10.0. The number of azo groups is 1. The SMILES string of the molecule is COC(=O)c1ccc(C(O)=Nc2cc(Cl)ccc2Cl)cc1N=Nc1c(O)c(C(=O)Nc2ccc(NC(=O)c3ccccc3)cc2)cc2ccccc12. The molecule has 0 saturated heterocycles. The van der Waals surface area contributed by atoms with Crippen molar-refractivity contribution in [2.24, 2.45) is 15.2 Å². The van der Waals surface area contributed by atoms with Gasteiger partial charge in [-0.1, -0.05) is 65.7 Å². The van der Waals surface area contributed by atoms with Crippen LogP contribution in [0, 0.1) is 0 Å². The number of aliphatic imine (C=N–C) groups is 1. The fraction of sp³-hybridized carbons (Fsp3) is 0.0256. The molecule has 0 aliphatic heterocycles. The Hall–Kier alpha value is -6.56. The number of fused-ring (bicyclic) bond motifs is 1. The summed E-state index contributed by atoms with van der Waals surface area (Å²) in [7, 11) is 1.20. The minimum atomic E-state index is -0.734. The van der Waals surface area contributed by atoms with Crippen LogP contribution in [0.4, 0.5) is 28.4 Å². The zero-order valence-electron chi connectivity index (χ0n) is 27.2. The summed E-state index contributed by atoms with van der Waals surface area (Å²) in [6.07, 6.45) is 0. The predicted octanol–water partition coefficient (Wildman–Crippen LogP) is 10.2. The van der Waals surface area contributed by atoms with Gasteiger partial charge < -0.3 is 25.6 Å². The number of rotatable bonds is 9. The maximum Gasteiger partial charge on any atom is 0.340 e. The first-order valence-corrected chi connectivity index (χ1v) is 16.3. The van der Waals surface area contributed by atoms with E-state index in [2.05, 4.69) is 25.9 Å². The molecule has 52 heavy (non-hydrogen) atoms. The Bertz CT molecular complexity index is 2400. The molecular formula is C39H27Cl2N5O6. The van der Waals surface area contributed by atoms with Crippen LogP contribution < -0.4 is 10.6 Å². The number of aliphatic hydroxyl groups excluding tert-OH is 1. The summed E-state index contributed by atoms with van der Waals surface area (Å²) in [4.78, 5) is 42.9.